The predicted octanol–water partition coefficient (Wildman–Crippen LogP) is 3.40. The van der Waals surface area contributed by atoms with Crippen LogP contribution in [0.2, 0.25) is 0 Å². The summed E-state index contributed by atoms with van der Waals surface area (Å²) in [6.07, 6.45) is 1.14. The van der Waals surface area contributed by atoms with E-state index in [1.165, 1.54) is 10.5 Å². The zero-order valence-corrected chi connectivity index (χ0v) is 16.0. The Balaban J connectivity index is 1.47. The van der Waals surface area contributed by atoms with E-state index in [0.717, 1.165) is 17.9 Å². The zero-order valence-electron chi connectivity index (χ0n) is 15.2. The SMILES string of the molecule is COc1ccccc1N1C[C@H](C(=O)N[C@H]2CCSc3ccccc32)CC1=O. The Morgan fingerprint density at radius 1 is 1.19 bits per heavy atom. The van der Waals surface area contributed by atoms with Crippen LogP contribution in [0.3, 0.4) is 0 Å². The molecule has 0 saturated carbocycles. The van der Waals surface area contributed by atoms with Crippen LogP contribution in [0.15, 0.2) is 53.4 Å². The number of carbonyl (C=O) groups excluding carboxylic acids is 2. The first-order valence-electron chi connectivity index (χ1n) is 9.13. The molecular formula is C21H22N2O3S. The van der Waals surface area contributed by atoms with Gasteiger partial charge in [0, 0.05) is 23.6 Å². The van der Waals surface area contributed by atoms with Crippen LogP contribution in [-0.4, -0.2) is 31.2 Å². The minimum absolute atomic E-state index is 0.0189. The molecule has 2 atom stereocenters. The van der Waals surface area contributed by atoms with E-state index >= 15 is 0 Å². The molecule has 2 heterocycles. The number of amides is 2. The lowest BCUT2D eigenvalue weighted by atomic mass is 10.0. The summed E-state index contributed by atoms with van der Waals surface area (Å²) < 4.78 is 5.37. The summed E-state index contributed by atoms with van der Waals surface area (Å²) in [5, 5.41) is 3.18. The molecule has 4 rings (SSSR count). The molecule has 1 saturated heterocycles. The number of anilines is 1. The van der Waals surface area contributed by atoms with E-state index in [1.54, 1.807) is 12.0 Å². The number of para-hydroxylation sites is 2. The van der Waals surface area contributed by atoms with Crippen LogP contribution in [0.1, 0.15) is 24.4 Å². The fourth-order valence-electron chi connectivity index (χ4n) is 3.75. The van der Waals surface area contributed by atoms with Gasteiger partial charge in [0.15, 0.2) is 0 Å². The average molecular weight is 382 g/mol. The van der Waals surface area contributed by atoms with Crippen molar-refractivity contribution in [2.45, 2.75) is 23.8 Å². The first kappa shape index (κ1) is 17.9. The number of hydrogen-bond acceptors (Lipinski definition) is 4. The molecular weight excluding hydrogens is 360 g/mol. The number of carbonyl (C=O) groups is 2. The van der Waals surface area contributed by atoms with Gasteiger partial charge in [0.1, 0.15) is 5.75 Å². The number of methoxy groups -OCH3 is 1. The highest BCUT2D eigenvalue weighted by molar-refractivity contribution is 7.99. The zero-order chi connectivity index (χ0) is 18.8. The van der Waals surface area contributed by atoms with Gasteiger partial charge in [-0.15, -0.1) is 11.8 Å². The van der Waals surface area contributed by atoms with Gasteiger partial charge >= 0.3 is 0 Å². The topological polar surface area (TPSA) is 58.6 Å². The van der Waals surface area contributed by atoms with Gasteiger partial charge in [-0.3, -0.25) is 9.59 Å². The highest BCUT2D eigenvalue weighted by Gasteiger charge is 2.37. The second-order valence-electron chi connectivity index (χ2n) is 6.81. The third-order valence-corrected chi connectivity index (χ3v) is 6.27. The third-order valence-electron chi connectivity index (χ3n) is 5.15. The highest BCUT2D eigenvalue weighted by Crippen LogP contribution is 2.37. The number of ether oxygens (including phenoxy) is 1. The minimum Gasteiger partial charge on any atom is -0.495 e. The Kier molecular flexibility index (Phi) is 5.07. The van der Waals surface area contributed by atoms with Crippen molar-refractivity contribution in [3.63, 3.8) is 0 Å². The quantitative estimate of drug-likeness (QED) is 0.881. The molecule has 0 spiro atoms. The van der Waals surface area contributed by atoms with E-state index in [4.69, 9.17) is 4.74 Å². The second kappa shape index (κ2) is 7.64. The van der Waals surface area contributed by atoms with Crippen LogP contribution in [0, 0.1) is 5.92 Å². The summed E-state index contributed by atoms with van der Waals surface area (Å²) in [6, 6.07) is 15.6. The fourth-order valence-corrected chi connectivity index (χ4v) is 4.88. The van der Waals surface area contributed by atoms with Gasteiger partial charge in [0.05, 0.1) is 24.8 Å². The van der Waals surface area contributed by atoms with Gasteiger partial charge in [-0.05, 0) is 30.2 Å². The number of benzene rings is 2. The van der Waals surface area contributed by atoms with Crippen LogP contribution in [0.4, 0.5) is 5.69 Å². The highest BCUT2D eigenvalue weighted by atomic mass is 32.2. The normalized spacial score (nSPS) is 21.7. The Morgan fingerprint density at radius 2 is 1.96 bits per heavy atom. The lowest BCUT2D eigenvalue weighted by molar-refractivity contribution is -0.127. The van der Waals surface area contributed by atoms with Crippen LogP contribution in [-0.2, 0) is 9.59 Å². The first-order chi connectivity index (χ1) is 13.2. The molecule has 0 aliphatic carbocycles. The molecule has 2 aromatic carbocycles. The Bertz CT molecular complexity index is 870. The molecule has 27 heavy (non-hydrogen) atoms. The maximum Gasteiger partial charge on any atom is 0.227 e. The predicted molar refractivity (Wildman–Crippen MR) is 106 cm³/mol. The van der Waals surface area contributed by atoms with Gasteiger partial charge in [0.25, 0.3) is 0 Å². The van der Waals surface area contributed by atoms with Crippen LogP contribution < -0.4 is 15.0 Å². The van der Waals surface area contributed by atoms with Gasteiger partial charge < -0.3 is 15.0 Å². The van der Waals surface area contributed by atoms with Crippen molar-refractivity contribution in [2.75, 3.05) is 24.3 Å². The van der Waals surface area contributed by atoms with Crippen molar-refractivity contribution < 1.29 is 14.3 Å². The average Bonchev–Trinajstić information content (AvgIpc) is 3.10. The Morgan fingerprint density at radius 3 is 2.81 bits per heavy atom. The molecule has 0 unspecified atom stereocenters. The van der Waals surface area contributed by atoms with E-state index in [0.29, 0.717) is 12.3 Å². The number of nitrogens with one attached hydrogen (secondary N) is 1. The molecule has 2 aliphatic heterocycles. The molecule has 1 fully saturated rings. The van der Waals surface area contributed by atoms with Crippen molar-refractivity contribution in [1.82, 2.24) is 5.32 Å². The van der Waals surface area contributed by atoms with E-state index < -0.39 is 0 Å². The molecule has 0 radical (unpaired) electrons. The summed E-state index contributed by atoms with van der Waals surface area (Å²) in [7, 11) is 1.59. The molecule has 5 nitrogen and oxygen atoms in total. The fraction of sp³-hybridized carbons (Fsp3) is 0.333. The molecule has 0 bridgehead atoms. The molecule has 2 amide bonds. The molecule has 0 aromatic heterocycles. The van der Waals surface area contributed by atoms with Gasteiger partial charge in [0.2, 0.25) is 11.8 Å². The number of thioether (sulfide) groups is 1. The largest absolute Gasteiger partial charge is 0.495 e. The number of fused-ring (bicyclic) bond motifs is 1. The lowest BCUT2D eigenvalue weighted by Gasteiger charge is -2.27. The van der Waals surface area contributed by atoms with Gasteiger partial charge in [-0.25, -0.2) is 0 Å². The molecule has 140 valence electrons. The maximum atomic E-state index is 12.9. The summed E-state index contributed by atoms with van der Waals surface area (Å²) in [5.41, 5.74) is 1.90. The number of nitrogens with zero attached hydrogens (tertiary/aromatic N) is 1. The maximum absolute atomic E-state index is 12.9. The Labute approximate surface area is 163 Å². The second-order valence-corrected chi connectivity index (χ2v) is 7.95. The number of hydrogen-bond donors (Lipinski definition) is 1. The monoisotopic (exact) mass is 382 g/mol. The molecule has 1 N–H and O–H groups in total. The van der Waals surface area contributed by atoms with E-state index in [9.17, 15) is 9.59 Å². The standard InChI is InChI=1S/C21H22N2O3S/c1-26-18-8-4-3-7-17(18)23-13-14(12-20(23)24)21(25)22-16-10-11-27-19-9-5-2-6-15(16)19/h2-9,14,16H,10-13H2,1H3,(H,22,25)/t14-,16+/m1/s1. The van der Waals surface area contributed by atoms with Gasteiger partial charge in [-0.1, -0.05) is 30.3 Å². The van der Waals surface area contributed by atoms with Crippen LogP contribution in [0.25, 0.3) is 0 Å². The first-order valence-corrected chi connectivity index (χ1v) is 10.1. The summed E-state index contributed by atoms with van der Waals surface area (Å²) in [6.45, 7) is 0.383. The Hall–Kier alpha value is -2.47. The van der Waals surface area contributed by atoms with Crippen molar-refractivity contribution in [2.24, 2.45) is 5.92 Å². The minimum atomic E-state index is -0.343. The molecule has 2 aliphatic rings. The van der Waals surface area contributed by atoms with Crippen molar-refractivity contribution in [1.29, 1.82) is 0 Å². The van der Waals surface area contributed by atoms with Crippen molar-refractivity contribution in [3.8, 4) is 5.75 Å². The van der Waals surface area contributed by atoms with Crippen LogP contribution in [0.5, 0.6) is 5.75 Å². The smallest absolute Gasteiger partial charge is 0.227 e. The van der Waals surface area contributed by atoms with Crippen molar-refractivity contribution >= 4 is 29.3 Å². The van der Waals surface area contributed by atoms with Crippen molar-refractivity contribution in [3.05, 3.63) is 54.1 Å². The van der Waals surface area contributed by atoms with Gasteiger partial charge in [-0.2, -0.15) is 0 Å². The molecule has 6 heteroatoms. The lowest BCUT2D eigenvalue weighted by Crippen LogP contribution is -2.36. The van der Waals surface area contributed by atoms with Crippen LogP contribution >= 0.6 is 11.8 Å². The number of rotatable bonds is 4. The van der Waals surface area contributed by atoms with E-state index in [-0.39, 0.29) is 30.2 Å². The van der Waals surface area contributed by atoms with E-state index in [1.807, 2.05) is 48.2 Å². The van der Waals surface area contributed by atoms with E-state index in [2.05, 4.69) is 17.4 Å². The summed E-state index contributed by atoms with van der Waals surface area (Å²) in [4.78, 5) is 28.3. The molecule has 2 aromatic rings. The summed E-state index contributed by atoms with van der Waals surface area (Å²) >= 11 is 1.83. The summed E-state index contributed by atoms with van der Waals surface area (Å²) in [5.74, 6) is 1.19. The third kappa shape index (κ3) is 3.54.